The minimum Gasteiger partial charge on any atom is -0.496 e. The molecule has 2 N–H and O–H groups in total. The number of nitrogens with zero attached hydrogens (tertiary/aromatic N) is 3. The molecule has 0 aliphatic rings. The first-order valence-corrected chi connectivity index (χ1v) is 12.5. The van der Waals surface area contributed by atoms with Crippen molar-refractivity contribution in [2.24, 2.45) is 0 Å². The lowest BCUT2D eigenvalue weighted by atomic mass is 9.99. The minimum atomic E-state index is -0.0811. The Morgan fingerprint density at radius 1 is 1.03 bits per heavy atom. The van der Waals surface area contributed by atoms with Gasteiger partial charge in [-0.3, -0.25) is 4.79 Å². The van der Waals surface area contributed by atoms with Crippen molar-refractivity contribution in [2.75, 3.05) is 53.8 Å². The van der Waals surface area contributed by atoms with Gasteiger partial charge in [0.25, 0.3) is 5.91 Å². The summed E-state index contributed by atoms with van der Waals surface area (Å²) in [6, 6.07) is 15.7. The quantitative estimate of drug-likeness (QED) is 0.259. The number of anilines is 1. The van der Waals surface area contributed by atoms with Crippen molar-refractivity contribution in [3.8, 4) is 28.0 Å². The van der Waals surface area contributed by atoms with E-state index in [2.05, 4.69) is 32.8 Å². The second-order valence-electron chi connectivity index (χ2n) is 9.42. The number of amides is 1. The van der Waals surface area contributed by atoms with Crippen LogP contribution in [-0.4, -0.2) is 74.1 Å². The summed E-state index contributed by atoms with van der Waals surface area (Å²) in [7, 11) is 9.08. The van der Waals surface area contributed by atoms with Crippen LogP contribution in [0.2, 0.25) is 0 Å². The van der Waals surface area contributed by atoms with E-state index in [9.17, 15) is 4.79 Å². The molecular formula is C30H35N5O3. The number of hydrogen-bond acceptors (Lipinski definition) is 6. The largest absolute Gasteiger partial charge is 0.496 e. The van der Waals surface area contributed by atoms with E-state index in [1.165, 1.54) is 7.11 Å². The Labute approximate surface area is 223 Å². The Kier molecular flexibility index (Phi) is 8.33. The number of carbonyl (C=O) groups excluding carboxylic acids is 1. The van der Waals surface area contributed by atoms with Crippen LogP contribution in [0.5, 0.6) is 5.75 Å². The van der Waals surface area contributed by atoms with Crippen LogP contribution >= 0.6 is 0 Å². The molecule has 0 aliphatic heterocycles. The molecule has 8 heteroatoms. The van der Waals surface area contributed by atoms with Crippen LogP contribution in [-0.2, 0) is 4.74 Å². The van der Waals surface area contributed by atoms with E-state index in [0.717, 1.165) is 52.0 Å². The van der Waals surface area contributed by atoms with Gasteiger partial charge < -0.3 is 29.6 Å². The first-order chi connectivity index (χ1) is 18.3. The summed E-state index contributed by atoms with van der Waals surface area (Å²) >= 11 is 0. The van der Waals surface area contributed by atoms with E-state index in [-0.39, 0.29) is 5.91 Å². The van der Waals surface area contributed by atoms with E-state index in [1.807, 2.05) is 76.0 Å². The number of rotatable bonds is 11. The highest BCUT2D eigenvalue weighted by Gasteiger charge is 2.19. The summed E-state index contributed by atoms with van der Waals surface area (Å²) in [5.41, 5.74) is 5.70. The van der Waals surface area contributed by atoms with Crippen molar-refractivity contribution < 1.29 is 14.3 Å². The molecule has 0 saturated carbocycles. The Morgan fingerprint density at radius 3 is 2.55 bits per heavy atom. The lowest BCUT2D eigenvalue weighted by Gasteiger charge is -2.21. The van der Waals surface area contributed by atoms with E-state index >= 15 is 0 Å². The van der Waals surface area contributed by atoms with Gasteiger partial charge in [0.15, 0.2) is 5.88 Å². The summed E-state index contributed by atoms with van der Waals surface area (Å²) in [5, 5.41) is 4.08. The molecule has 198 valence electrons. The number of aromatic nitrogens is 2. The second-order valence-corrected chi connectivity index (χ2v) is 9.42. The van der Waals surface area contributed by atoms with E-state index < -0.39 is 0 Å². The van der Waals surface area contributed by atoms with Crippen molar-refractivity contribution in [1.82, 2.24) is 19.8 Å². The molecule has 0 bridgehead atoms. The average molecular weight is 514 g/mol. The third-order valence-electron chi connectivity index (χ3n) is 6.48. The number of fused-ring (bicyclic) bond motifs is 1. The monoisotopic (exact) mass is 513 g/mol. The van der Waals surface area contributed by atoms with Crippen LogP contribution < -0.4 is 10.1 Å². The number of hydrogen-bond donors (Lipinski definition) is 2. The van der Waals surface area contributed by atoms with Crippen molar-refractivity contribution in [2.45, 2.75) is 6.42 Å². The molecule has 2 heterocycles. The van der Waals surface area contributed by atoms with Gasteiger partial charge in [-0.15, -0.1) is 0 Å². The molecule has 0 aliphatic carbocycles. The number of aromatic amines is 1. The SMILES string of the molecule is C=C(Nc1ccc(-c2cnc3[nH]cc(-c4ccccc4OC)c3c2)cc1C(=O)N(C)CCCN(C)C)OC. The molecule has 0 atom stereocenters. The molecule has 2 aromatic carbocycles. The van der Waals surface area contributed by atoms with Crippen molar-refractivity contribution >= 4 is 22.6 Å². The van der Waals surface area contributed by atoms with Crippen LogP contribution in [0.15, 0.2) is 73.4 Å². The summed E-state index contributed by atoms with van der Waals surface area (Å²) < 4.78 is 10.8. The molecule has 2 aromatic heterocycles. The molecule has 0 unspecified atom stereocenters. The number of pyridine rings is 1. The van der Waals surface area contributed by atoms with E-state index in [4.69, 9.17) is 9.47 Å². The lowest BCUT2D eigenvalue weighted by molar-refractivity contribution is 0.0791. The Balaban J connectivity index is 1.74. The standard InChI is InChI=1S/C30H35N5O3/c1-20(37-5)33-27-13-12-21(16-25(27)30(36)35(4)15-9-14-34(2)3)22-17-24-26(19-32-29(24)31-18-22)23-10-7-8-11-28(23)38-6/h7-8,10-13,16-19,33H,1,9,14-15H2,2-6H3,(H,31,32). The average Bonchev–Trinajstić information content (AvgIpc) is 3.35. The van der Waals surface area contributed by atoms with Crippen LogP contribution in [0.25, 0.3) is 33.3 Å². The van der Waals surface area contributed by atoms with Gasteiger partial charge in [0.2, 0.25) is 0 Å². The zero-order chi connectivity index (χ0) is 27.2. The molecule has 1 amide bonds. The smallest absolute Gasteiger partial charge is 0.255 e. The number of ether oxygens (including phenoxy) is 2. The Hall–Kier alpha value is -4.30. The fourth-order valence-electron chi connectivity index (χ4n) is 4.39. The van der Waals surface area contributed by atoms with Crippen molar-refractivity contribution in [3.05, 3.63) is 79.0 Å². The van der Waals surface area contributed by atoms with Crippen LogP contribution in [0.3, 0.4) is 0 Å². The molecule has 38 heavy (non-hydrogen) atoms. The van der Waals surface area contributed by atoms with Crippen LogP contribution in [0, 0.1) is 0 Å². The molecule has 0 spiro atoms. The van der Waals surface area contributed by atoms with Crippen LogP contribution in [0.1, 0.15) is 16.8 Å². The van der Waals surface area contributed by atoms with Crippen molar-refractivity contribution in [1.29, 1.82) is 0 Å². The number of nitrogens with one attached hydrogen (secondary N) is 2. The molecule has 8 nitrogen and oxygen atoms in total. The van der Waals surface area contributed by atoms with Crippen molar-refractivity contribution in [3.63, 3.8) is 0 Å². The van der Waals surface area contributed by atoms with E-state index in [1.54, 1.807) is 12.0 Å². The van der Waals surface area contributed by atoms with Gasteiger partial charge in [-0.2, -0.15) is 0 Å². The maximum absolute atomic E-state index is 13.5. The summed E-state index contributed by atoms with van der Waals surface area (Å²) in [5.74, 6) is 1.07. The number of H-pyrrole nitrogens is 1. The van der Waals surface area contributed by atoms with Gasteiger partial charge in [0.1, 0.15) is 11.4 Å². The number of carbonyl (C=O) groups is 1. The molecular weight excluding hydrogens is 478 g/mol. The first-order valence-electron chi connectivity index (χ1n) is 12.5. The maximum atomic E-state index is 13.5. The van der Waals surface area contributed by atoms with Gasteiger partial charge in [-0.25, -0.2) is 4.98 Å². The van der Waals surface area contributed by atoms with Gasteiger partial charge >= 0.3 is 0 Å². The lowest BCUT2D eigenvalue weighted by Crippen LogP contribution is -2.30. The summed E-state index contributed by atoms with van der Waals surface area (Å²) in [6.07, 6.45) is 4.64. The van der Waals surface area contributed by atoms with Crippen LogP contribution in [0.4, 0.5) is 5.69 Å². The molecule has 4 rings (SSSR count). The zero-order valence-corrected chi connectivity index (χ0v) is 22.7. The molecule has 4 aromatic rings. The summed E-state index contributed by atoms with van der Waals surface area (Å²) in [4.78, 5) is 25.3. The molecule has 0 fully saturated rings. The number of benzene rings is 2. The second kappa shape index (κ2) is 11.8. The maximum Gasteiger partial charge on any atom is 0.255 e. The molecule has 0 saturated heterocycles. The third kappa shape index (κ3) is 5.81. The minimum absolute atomic E-state index is 0.0811. The van der Waals surface area contributed by atoms with E-state index in [0.29, 0.717) is 23.7 Å². The topological polar surface area (TPSA) is 82.7 Å². The Morgan fingerprint density at radius 2 is 1.82 bits per heavy atom. The highest BCUT2D eigenvalue weighted by molar-refractivity contribution is 6.02. The Bertz CT molecular complexity index is 1440. The predicted molar refractivity (Wildman–Crippen MR) is 153 cm³/mol. The third-order valence-corrected chi connectivity index (χ3v) is 6.48. The predicted octanol–water partition coefficient (Wildman–Crippen LogP) is 5.46. The first kappa shape index (κ1) is 26.8. The van der Waals surface area contributed by atoms with Gasteiger partial charge in [0, 0.05) is 48.1 Å². The fourth-order valence-corrected chi connectivity index (χ4v) is 4.39. The number of para-hydroxylation sites is 1. The van der Waals surface area contributed by atoms with Gasteiger partial charge in [-0.1, -0.05) is 24.3 Å². The highest BCUT2D eigenvalue weighted by Crippen LogP contribution is 2.36. The fraction of sp³-hybridized carbons (Fsp3) is 0.267. The van der Waals surface area contributed by atoms with Gasteiger partial charge in [-0.05, 0) is 63.5 Å². The number of methoxy groups -OCH3 is 2. The zero-order valence-electron chi connectivity index (χ0n) is 22.7. The normalized spacial score (nSPS) is 11.0. The van der Waals surface area contributed by atoms with Gasteiger partial charge in [0.05, 0.1) is 25.5 Å². The summed E-state index contributed by atoms with van der Waals surface area (Å²) in [6.45, 7) is 5.40. The highest BCUT2D eigenvalue weighted by atomic mass is 16.5. The molecule has 0 radical (unpaired) electrons.